The molecular formula is C11H11BrFNO2. The standard InChI is InChI=1S/C11H11BrFNO2/c12-7-3-6(4-8(13)5-7)11(1-2-11)9(14)10(15)16/h3-5,9H,1-2,14H2,(H,15,16). The first-order valence-electron chi connectivity index (χ1n) is 4.91. The van der Waals surface area contributed by atoms with Crippen molar-refractivity contribution in [2.75, 3.05) is 0 Å². The first-order valence-corrected chi connectivity index (χ1v) is 5.70. The molecule has 1 aromatic rings. The van der Waals surface area contributed by atoms with Crippen molar-refractivity contribution in [1.82, 2.24) is 0 Å². The first kappa shape index (κ1) is 11.5. The quantitative estimate of drug-likeness (QED) is 0.894. The van der Waals surface area contributed by atoms with Crippen LogP contribution in [0.15, 0.2) is 22.7 Å². The van der Waals surface area contributed by atoms with Gasteiger partial charge in [-0.1, -0.05) is 15.9 Å². The normalized spacial score (nSPS) is 19.2. The summed E-state index contributed by atoms with van der Waals surface area (Å²) in [6, 6.07) is 3.46. The predicted octanol–water partition coefficient (Wildman–Crippen LogP) is 2.03. The number of carboxylic acid groups (broad SMARTS) is 1. The molecule has 3 N–H and O–H groups in total. The Kier molecular flexibility index (Phi) is 2.75. The van der Waals surface area contributed by atoms with Crippen molar-refractivity contribution in [3.05, 3.63) is 34.1 Å². The van der Waals surface area contributed by atoms with Crippen LogP contribution in [0.25, 0.3) is 0 Å². The molecule has 86 valence electrons. The van der Waals surface area contributed by atoms with Crippen LogP contribution in [0, 0.1) is 5.82 Å². The van der Waals surface area contributed by atoms with E-state index in [1.54, 1.807) is 6.07 Å². The van der Waals surface area contributed by atoms with Crippen LogP contribution in [0.4, 0.5) is 4.39 Å². The van der Waals surface area contributed by atoms with Crippen LogP contribution >= 0.6 is 15.9 Å². The van der Waals surface area contributed by atoms with Gasteiger partial charge in [0.05, 0.1) is 0 Å². The minimum atomic E-state index is -1.04. The van der Waals surface area contributed by atoms with E-state index in [1.807, 2.05) is 0 Å². The van der Waals surface area contributed by atoms with Gasteiger partial charge >= 0.3 is 5.97 Å². The van der Waals surface area contributed by atoms with Gasteiger partial charge in [-0.15, -0.1) is 0 Å². The van der Waals surface area contributed by atoms with E-state index in [0.717, 1.165) is 0 Å². The molecule has 1 aliphatic carbocycles. The highest BCUT2D eigenvalue weighted by atomic mass is 79.9. The fraction of sp³-hybridized carbons (Fsp3) is 0.364. The molecule has 0 heterocycles. The molecule has 1 atom stereocenters. The lowest BCUT2D eigenvalue weighted by atomic mass is 9.88. The summed E-state index contributed by atoms with van der Waals surface area (Å²) < 4.78 is 13.8. The number of hydrogen-bond acceptors (Lipinski definition) is 2. The van der Waals surface area contributed by atoms with Crippen molar-refractivity contribution in [1.29, 1.82) is 0 Å². The number of halogens is 2. The number of benzene rings is 1. The molecule has 3 nitrogen and oxygen atoms in total. The molecule has 16 heavy (non-hydrogen) atoms. The number of carbonyl (C=O) groups is 1. The predicted molar refractivity (Wildman–Crippen MR) is 60.6 cm³/mol. The summed E-state index contributed by atoms with van der Waals surface area (Å²) in [5.74, 6) is -1.42. The first-order chi connectivity index (χ1) is 7.45. The lowest BCUT2D eigenvalue weighted by molar-refractivity contribution is -0.139. The summed E-state index contributed by atoms with van der Waals surface area (Å²) in [4.78, 5) is 10.9. The van der Waals surface area contributed by atoms with Crippen LogP contribution in [0.5, 0.6) is 0 Å². The second-order valence-corrected chi connectivity index (χ2v) is 5.05. The second kappa shape index (κ2) is 3.82. The maximum Gasteiger partial charge on any atom is 0.321 e. The molecule has 0 aliphatic heterocycles. The van der Waals surface area contributed by atoms with E-state index in [9.17, 15) is 9.18 Å². The second-order valence-electron chi connectivity index (χ2n) is 4.13. The SMILES string of the molecule is NC(C(=O)O)C1(c2cc(F)cc(Br)c2)CC1. The molecule has 0 bridgehead atoms. The van der Waals surface area contributed by atoms with Gasteiger partial charge in [0.25, 0.3) is 0 Å². The van der Waals surface area contributed by atoms with Crippen molar-refractivity contribution >= 4 is 21.9 Å². The Morgan fingerprint density at radius 3 is 2.56 bits per heavy atom. The Labute approximate surface area is 101 Å². The lowest BCUT2D eigenvalue weighted by Gasteiger charge is -2.20. The molecule has 0 radical (unpaired) electrons. The minimum absolute atomic E-state index is 0.381. The Morgan fingerprint density at radius 2 is 2.12 bits per heavy atom. The topological polar surface area (TPSA) is 63.3 Å². The molecule has 1 fully saturated rings. The number of nitrogens with two attached hydrogens (primary N) is 1. The van der Waals surface area contributed by atoms with E-state index in [1.165, 1.54) is 12.1 Å². The fourth-order valence-electron chi connectivity index (χ4n) is 1.99. The molecule has 1 aliphatic rings. The van der Waals surface area contributed by atoms with Gasteiger partial charge in [-0.2, -0.15) is 0 Å². The van der Waals surface area contributed by atoms with Crippen LogP contribution < -0.4 is 5.73 Å². The van der Waals surface area contributed by atoms with E-state index in [-0.39, 0.29) is 5.82 Å². The molecule has 0 saturated heterocycles. The summed E-state index contributed by atoms with van der Waals surface area (Å²) in [5.41, 5.74) is 5.73. The summed E-state index contributed by atoms with van der Waals surface area (Å²) in [7, 11) is 0. The Hall–Kier alpha value is -0.940. The van der Waals surface area contributed by atoms with E-state index in [0.29, 0.717) is 22.9 Å². The van der Waals surface area contributed by atoms with E-state index in [2.05, 4.69) is 15.9 Å². The average Bonchev–Trinajstić information content (AvgIpc) is 2.95. The zero-order valence-corrected chi connectivity index (χ0v) is 10.00. The third-order valence-corrected chi connectivity index (χ3v) is 3.55. The Bertz CT molecular complexity index is 425. The molecule has 2 rings (SSSR count). The molecule has 0 spiro atoms. The molecule has 5 heteroatoms. The van der Waals surface area contributed by atoms with Gasteiger partial charge in [-0.05, 0) is 36.6 Å². The average molecular weight is 288 g/mol. The third-order valence-electron chi connectivity index (χ3n) is 3.09. The maximum atomic E-state index is 13.2. The number of aliphatic carboxylic acids is 1. The zero-order valence-electron chi connectivity index (χ0n) is 8.41. The number of carboxylic acids is 1. The van der Waals surface area contributed by atoms with Gasteiger partial charge in [0.15, 0.2) is 0 Å². The summed E-state index contributed by atoms with van der Waals surface area (Å²) in [6.07, 6.45) is 1.38. The summed E-state index contributed by atoms with van der Waals surface area (Å²) in [5, 5.41) is 8.93. The highest BCUT2D eigenvalue weighted by Gasteiger charge is 2.52. The Balaban J connectivity index is 2.40. The molecule has 1 saturated carbocycles. The highest BCUT2D eigenvalue weighted by molar-refractivity contribution is 9.10. The fourth-order valence-corrected chi connectivity index (χ4v) is 2.46. The molecule has 0 aromatic heterocycles. The third kappa shape index (κ3) is 1.85. The van der Waals surface area contributed by atoms with E-state index in [4.69, 9.17) is 10.8 Å². The zero-order chi connectivity index (χ0) is 11.9. The highest BCUT2D eigenvalue weighted by Crippen LogP contribution is 2.51. The summed E-state index contributed by atoms with van der Waals surface area (Å²) >= 11 is 3.19. The molecule has 0 amide bonds. The van der Waals surface area contributed by atoms with Crippen LogP contribution in [0.2, 0.25) is 0 Å². The van der Waals surface area contributed by atoms with Gasteiger partial charge < -0.3 is 10.8 Å². The molecule has 1 aromatic carbocycles. The van der Waals surface area contributed by atoms with Gasteiger partial charge in [0.1, 0.15) is 11.9 Å². The van der Waals surface area contributed by atoms with Crippen molar-refractivity contribution < 1.29 is 14.3 Å². The van der Waals surface area contributed by atoms with Crippen LogP contribution in [0.3, 0.4) is 0 Å². The lowest BCUT2D eigenvalue weighted by Crippen LogP contribution is -2.42. The summed E-state index contributed by atoms with van der Waals surface area (Å²) in [6.45, 7) is 0. The van der Waals surface area contributed by atoms with Crippen molar-refractivity contribution in [2.24, 2.45) is 5.73 Å². The smallest absolute Gasteiger partial charge is 0.321 e. The van der Waals surface area contributed by atoms with Crippen LogP contribution in [-0.2, 0) is 10.2 Å². The molecule has 1 unspecified atom stereocenters. The van der Waals surface area contributed by atoms with Gasteiger partial charge in [0.2, 0.25) is 0 Å². The minimum Gasteiger partial charge on any atom is -0.480 e. The largest absolute Gasteiger partial charge is 0.480 e. The van der Waals surface area contributed by atoms with Crippen molar-refractivity contribution in [3.8, 4) is 0 Å². The van der Waals surface area contributed by atoms with Gasteiger partial charge in [-0.3, -0.25) is 4.79 Å². The Morgan fingerprint density at radius 1 is 1.50 bits per heavy atom. The maximum absolute atomic E-state index is 13.2. The van der Waals surface area contributed by atoms with Crippen molar-refractivity contribution in [2.45, 2.75) is 24.3 Å². The van der Waals surface area contributed by atoms with Gasteiger partial charge in [-0.25, -0.2) is 4.39 Å². The number of hydrogen-bond donors (Lipinski definition) is 2. The van der Waals surface area contributed by atoms with Crippen LogP contribution in [-0.4, -0.2) is 17.1 Å². The monoisotopic (exact) mass is 287 g/mol. The molecular weight excluding hydrogens is 277 g/mol. The van der Waals surface area contributed by atoms with E-state index < -0.39 is 17.4 Å². The number of rotatable bonds is 3. The van der Waals surface area contributed by atoms with E-state index >= 15 is 0 Å². The van der Waals surface area contributed by atoms with Crippen LogP contribution in [0.1, 0.15) is 18.4 Å². The van der Waals surface area contributed by atoms with Gasteiger partial charge in [0, 0.05) is 9.89 Å². The van der Waals surface area contributed by atoms with Crippen molar-refractivity contribution in [3.63, 3.8) is 0 Å².